The van der Waals surface area contributed by atoms with Crippen LogP contribution in [0.5, 0.6) is 0 Å². The van der Waals surface area contributed by atoms with Crippen LogP contribution in [0, 0.1) is 5.82 Å². The Bertz CT molecular complexity index is 590. The van der Waals surface area contributed by atoms with Crippen molar-refractivity contribution in [2.45, 2.75) is 19.4 Å². The molecule has 0 bridgehead atoms. The van der Waals surface area contributed by atoms with Gasteiger partial charge in [0.1, 0.15) is 5.82 Å². The molecule has 5 heteroatoms. The second kappa shape index (κ2) is 7.29. The van der Waals surface area contributed by atoms with Gasteiger partial charge >= 0.3 is 0 Å². The highest BCUT2D eigenvalue weighted by atomic mass is 79.9. The maximum absolute atomic E-state index is 14.1. The Balaban J connectivity index is 2.26. The summed E-state index contributed by atoms with van der Waals surface area (Å²) in [4.78, 5) is 4.15. The van der Waals surface area contributed by atoms with Crippen LogP contribution in [0.2, 0.25) is 0 Å². The summed E-state index contributed by atoms with van der Waals surface area (Å²) in [5, 5.41) is 3.33. The van der Waals surface area contributed by atoms with Gasteiger partial charge in [-0.05, 0) is 52.7 Å². The molecule has 20 heavy (non-hydrogen) atoms. The van der Waals surface area contributed by atoms with E-state index < -0.39 is 0 Å². The highest BCUT2D eigenvalue weighted by Crippen LogP contribution is 2.24. The molecule has 0 amide bonds. The second-order valence-electron chi connectivity index (χ2n) is 4.49. The van der Waals surface area contributed by atoms with E-state index in [4.69, 9.17) is 0 Å². The summed E-state index contributed by atoms with van der Waals surface area (Å²) in [6.45, 7) is 2.80. The summed E-state index contributed by atoms with van der Waals surface area (Å²) in [6.07, 6.45) is 4.25. The minimum absolute atomic E-state index is 0.0656. The highest BCUT2D eigenvalue weighted by Gasteiger charge is 2.16. The standard InChI is InChI=1S/C15H15Br2FN2/c1-2-20-15(6-10-5-12(17)9-19-8-10)13-4-3-11(16)7-14(13)18/h3-5,7-9,15,20H,2,6H2,1H3. The average molecular weight is 402 g/mol. The molecule has 1 atom stereocenters. The van der Waals surface area contributed by atoms with Crippen LogP contribution in [0.1, 0.15) is 24.1 Å². The zero-order chi connectivity index (χ0) is 14.5. The van der Waals surface area contributed by atoms with Crippen LogP contribution in [-0.2, 0) is 6.42 Å². The molecule has 0 saturated heterocycles. The van der Waals surface area contributed by atoms with Gasteiger partial charge in [0.25, 0.3) is 0 Å². The number of nitrogens with zero attached hydrogens (tertiary/aromatic N) is 1. The van der Waals surface area contributed by atoms with Gasteiger partial charge in [-0.2, -0.15) is 0 Å². The van der Waals surface area contributed by atoms with E-state index in [1.54, 1.807) is 6.20 Å². The minimum Gasteiger partial charge on any atom is -0.310 e. The highest BCUT2D eigenvalue weighted by molar-refractivity contribution is 9.10. The number of likely N-dealkylation sites (N-methyl/N-ethyl adjacent to an activating group) is 1. The lowest BCUT2D eigenvalue weighted by atomic mass is 9.99. The molecule has 2 nitrogen and oxygen atoms in total. The molecule has 1 unspecified atom stereocenters. The molecule has 0 spiro atoms. The van der Waals surface area contributed by atoms with Crippen molar-refractivity contribution in [3.05, 3.63) is 62.5 Å². The zero-order valence-electron chi connectivity index (χ0n) is 11.0. The Labute approximate surface area is 135 Å². The third-order valence-corrected chi connectivity index (χ3v) is 3.92. The number of aromatic nitrogens is 1. The topological polar surface area (TPSA) is 24.9 Å². The first-order valence-electron chi connectivity index (χ1n) is 6.38. The normalized spacial score (nSPS) is 12.4. The van der Waals surface area contributed by atoms with E-state index in [-0.39, 0.29) is 11.9 Å². The largest absolute Gasteiger partial charge is 0.310 e. The van der Waals surface area contributed by atoms with Crippen LogP contribution in [0.15, 0.2) is 45.6 Å². The first kappa shape index (κ1) is 15.6. The zero-order valence-corrected chi connectivity index (χ0v) is 14.2. The van der Waals surface area contributed by atoms with Crippen molar-refractivity contribution in [2.75, 3.05) is 6.54 Å². The maximum atomic E-state index is 14.1. The maximum Gasteiger partial charge on any atom is 0.129 e. The van der Waals surface area contributed by atoms with Gasteiger partial charge in [0.15, 0.2) is 0 Å². The van der Waals surface area contributed by atoms with Crippen molar-refractivity contribution >= 4 is 31.9 Å². The van der Waals surface area contributed by atoms with E-state index in [0.29, 0.717) is 12.0 Å². The SMILES string of the molecule is CCNC(Cc1cncc(Br)c1)c1ccc(Br)cc1F. The van der Waals surface area contributed by atoms with Gasteiger partial charge in [-0.3, -0.25) is 4.98 Å². The fraction of sp³-hybridized carbons (Fsp3) is 0.267. The van der Waals surface area contributed by atoms with Gasteiger partial charge < -0.3 is 5.32 Å². The summed E-state index contributed by atoms with van der Waals surface area (Å²) >= 11 is 6.69. The molecule has 1 heterocycles. The van der Waals surface area contributed by atoms with Gasteiger partial charge in [-0.15, -0.1) is 0 Å². The van der Waals surface area contributed by atoms with Crippen molar-refractivity contribution in [1.29, 1.82) is 0 Å². The van der Waals surface area contributed by atoms with Crippen LogP contribution < -0.4 is 5.32 Å². The van der Waals surface area contributed by atoms with Gasteiger partial charge in [-0.25, -0.2) is 4.39 Å². The minimum atomic E-state index is -0.201. The van der Waals surface area contributed by atoms with Gasteiger partial charge in [0, 0.05) is 32.9 Å². The Hall–Kier alpha value is -0.780. The monoisotopic (exact) mass is 400 g/mol. The molecule has 2 aromatic rings. The van der Waals surface area contributed by atoms with E-state index in [9.17, 15) is 4.39 Å². The molecule has 0 fully saturated rings. The fourth-order valence-electron chi connectivity index (χ4n) is 2.13. The summed E-state index contributed by atoms with van der Waals surface area (Å²) in [5.41, 5.74) is 1.74. The Kier molecular flexibility index (Phi) is 5.69. The lowest BCUT2D eigenvalue weighted by molar-refractivity contribution is 0.509. The smallest absolute Gasteiger partial charge is 0.129 e. The molecule has 1 N–H and O–H groups in total. The molecule has 0 aliphatic heterocycles. The number of hydrogen-bond acceptors (Lipinski definition) is 2. The number of halogens is 3. The average Bonchev–Trinajstić information content (AvgIpc) is 2.38. The van der Waals surface area contributed by atoms with Crippen molar-refractivity contribution in [1.82, 2.24) is 10.3 Å². The number of hydrogen-bond donors (Lipinski definition) is 1. The molecule has 106 valence electrons. The Morgan fingerprint density at radius 1 is 1.20 bits per heavy atom. The summed E-state index contributed by atoms with van der Waals surface area (Å²) in [7, 11) is 0. The molecule has 2 rings (SSSR count). The van der Waals surface area contributed by atoms with Crippen molar-refractivity contribution in [3.8, 4) is 0 Å². The fourth-order valence-corrected chi connectivity index (χ4v) is 2.87. The van der Waals surface area contributed by atoms with Crippen molar-refractivity contribution in [2.24, 2.45) is 0 Å². The third-order valence-electron chi connectivity index (χ3n) is 2.99. The van der Waals surface area contributed by atoms with E-state index in [1.165, 1.54) is 6.07 Å². The van der Waals surface area contributed by atoms with Gasteiger partial charge in [0.05, 0.1) is 0 Å². The molecule has 0 aliphatic rings. The molecule has 0 saturated carbocycles. The van der Waals surface area contributed by atoms with E-state index in [0.717, 1.165) is 21.1 Å². The predicted molar refractivity (Wildman–Crippen MR) is 86.2 cm³/mol. The van der Waals surface area contributed by atoms with E-state index >= 15 is 0 Å². The molecular formula is C15H15Br2FN2. The van der Waals surface area contributed by atoms with Crippen LogP contribution in [0.4, 0.5) is 4.39 Å². The Morgan fingerprint density at radius 2 is 2.00 bits per heavy atom. The summed E-state index contributed by atoms with van der Waals surface area (Å²) < 4.78 is 15.8. The quantitative estimate of drug-likeness (QED) is 0.789. The molecule has 1 aromatic carbocycles. The number of nitrogens with one attached hydrogen (secondary N) is 1. The summed E-state index contributed by atoms with van der Waals surface area (Å²) in [5.74, 6) is -0.201. The second-order valence-corrected chi connectivity index (χ2v) is 6.32. The Morgan fingerprint density at radius 3 is 2.65 bits per heavy atom. The van der Waals surface area contributed by atoms with Crippen LogP contribution in [0.25, 0.3) is 0 Å². The predicted octanol–water partition coefficient (Wildman–Crippen LogP) is 4.64. The van der Waals surface area contributed by atoms with E-state index in [2.05, 4.69) is 42.2 Å². The van der Waals surface area contributed by atoms with Crippen molar-refractivity contribution < 1.29 is 4.39 Å². The third kappa shape index (κ3) is 4.11. The first-order valence-corrected chi connectivity index (χ1v) is 7.96. The lowest BCUT2D eigenvalue weighted by Gasteiger charge is -2.19. The molecule has 1 aromatic heterocycles. The number of pyridine rings is 1. The van der Waals surface area contributed by atoms with Crippen LogP contribution >= 0.6 is 31.9 Å². The summed E-state index contributed by atoms with van der Waals surface area (Å²) in [6, 6.07) is 7.12. The molecular weight excluding hydrogens is 387 g/mol. The van der Waals surface area contributed by atoms with Crippen LogP contribution in [-0.4, -0.2) is 11.5 Å². The van der Waals surface area contributed by atoms with E-state index in [1.807, 2.05) is 31.3 Å². The van der Waals surface area contributed by atoms with Crippen molar-refractivity contribution in [3.63, 3.8) is 0 Å². The lowest BCUT2D eigenvalue weighted by Crippen LogP contribution is -2.24. The van der Waals surface area contributed by atoms with Crippen LogP contribution in [0.3, 0.4) is 0 Å². The molecule has 0 aliphatic carbocycles. The van der Waals surface area contributed by atoms with Gasteiger partial charge in [-0.1, -0.05) is 28.9 Å². The number of benzene rings is 1. The first-order chi connectivity index (χ1) is 9.60. The van der Waals surface area contributed by atoms with Gasteiger partial charge in [0.2, 0.25) is 0 Å². The number of rotatable bonds is 5. The molecule has 0 radical (unpaired) electrons.